The molecule has 0 unspecified atom stereocenters. The maximum Gasteiger partial charge on any atom is 0.146 e. The van der Waals surface area contributed by atoms with Crippen LogP contribution in [0.5, 0.6) is 0 Å². The summed E-state index contributed by atoms with van der Waals surface area (Å²) in [7, 11) is 0. The molecule has 27 heavy (non-hydrogen) atoms. The fourth-order valence-corrected chi connectivity index (χ4v) is 3.36. The van der Waals surface area contributed by atoms with E-state index in [-0.39, 0.29) is 5.82 Å². The summed E-state index contributed by atoms with van der Waals surface area (Å²) in [6.07, 6.45) is 1.54. The van der Waals surface area contributed by atoms with Gasteiger partial charge in [-0.2, -0.15) is 0 Å². The molecule has 3 aromatic rings. The lowest BCUT2D eigenvalue weighted by molar-refractivity contribution is 0.596. The Morgan fingerprint density at radius 1 is 0.889 bits per heavy atom. The van der Waals surface area contributed by atoms with E-state index in [9.17, 15) is 4.39 Å². The van der Waals surface area contributed by atoms with Crippen LogP contribution in [0.1, 0.15) is 0 Å². The van der Waals surface area contributed by atoms with Gasteiger partial charge in [0.15, 0.2) is 0 Å². The molecule has 7 heteroatoms. The molecule has 5 nitrogen and oxygen atoms in total. The first-order valence-corrected chi connectivity index (χ1v) is 9.16. The van der Waals surface area contributed by atoms with Gasteiger partial charge in [0.2, 0.25) is 0 Å². The highest BCUT2D eigenvalue weighted by Gasteiger charge is 2.20. The second kappa shape index (κ2) is 7.80. The Balaban J connectivity index is 1.44. The van der Waals surface area contributed by atoms with Crippen LogP contribution in [-0.2, 0) is 0 Å². The average molecular weight is 384 g/mol. The van der Waals surface area contributed by atoms with Crippen molar-refractivity contribution < 1.29 is 4.39 Å². The number of anilines is 4. The number of halogens is 2. The van der Waals surface area contributed by atoms with Crippen molar-refractivity contribution in [2.75, 3.05) is 41.3 Å². The van der Waals surface area contributed by atoms with Crippen molar-refractivity contribution in [2.45, 2.75) is 0 Å². The number of piperazine rings is 1. The Kier molecular flexibility index (Phi) is 5.07. The summed E-state index contributed by atoms with van der Waals surface area (Å²) in [5, 5.41) is 3.86. The van der Waals surface area contributed by atoms with Crippen molar-refractivity contribution in [3.63, 3.8) is 0 Å². The standard InChI is InChI=1S/C20H19ClFN5/c21-15-5-1-3-7-17(15)25-19-13-20(24-14-23-19)27-11-9-26(10-12-27)18-8-4-2-6-16(18)22/h1-8,13-14H,9-12H2,(H,23,24,25). The van der Waals surface area contributed by atoms with Crippen LogP contribution >= 0.6 is 11.6 Å². The molecule has 4 rings (SSSR count). The molecule has 1 aliphatic heterocycles. The Hall–Kier alpha value is -2.86. The van der Waals surface area contributed by atoms with E-state index in [2.05, 4.69) is 25.1 Å². The van der Waals surface area contributed by atoms with Gasteiger partial charge in [-0.25, -0.2) is 14.4 Å². The van der Waals surface area contributed by atoms with Crippen molar-refractivity contribution in [3.05, 3.63) is 71.8 Å². The number of rotatable bonds is 4. The molecule has 2 heterocycles. The van der Waals surface area contributed by atoms with Gasteiger partial charge in [0.1, 0.15) is 23.8 Å². The number of benzene rings is 2. The summed E-state index contributed by atoms with van der Waals surface area (Å²) >= 11 is 6.20. The minimum absolute atomic E-state index is 0.181. The monoisotopic (exact) mass is 383 g/mol. The number of aromatic nitrogens is 2. The first-order valence-electron chi connectivity index (χ1n) is 8.79. The molecule has 1 aromatic heterocycles. The molecule has 1 aliphatic rings. The third kappa shape index (κ3) is 3.95. The van der Waals surface area contributed by atoms with Crippen molar-refractivity contribution in [2.24, 2.45) is 0 Å². The molecule has 1 N–H and O–H groups in total. The largest absolute Gasteiger partial charge is 0.366 e. The number of nitrogens with one attached hydrogen (secondary N) is 1. The maximum absolute atomic E-state index is 14.0. The quantitative estimate of drug-likeness (QED) is 0.726. The molecule has 0 saturated carbocycles. The SMILES string of the molecule is Fc1ccccc1N1CCN(c2cc(Nc3ccccc3Cl)ncn2)CC1. The van der Waals surface area contributed by atoms with E-state index in [1.54, 1.807) is 6.07 Å². The zero-order valence-electron chi connectivity index (χ0n) is 14.6. The summed E-state index contributed by atoms with van der Waals surface area (Å²) in [6.45, 7) is 2.99. The number of nitrogens with zero attached hydrogens (tertiary/aromatic N) is 4. The van der Waals surface area contributed by atoms with Gasteiger partial charge in [0.25, 0.3) is 0 Å². The van der Waals surface area contributed by atoms with Gasteiger partial charge in [-0.15, -0.1) is 0 Å². The van der Waals surface area contributed by atoms with Crippen molar-refractivity contribution in [3.8, 4) is 0 Å². The zero-order valence-corrected chi connectivity index (χ0v) is 15.4. The van der Waals surface area contributed by atoms with Gasteiger partial charge in [0, 0.05) is 32.2 Å². The lowest BCUT2D eigenvalue weighted by Gasteiger charge is -2.36. The molecule has 0 radical (unpaired) electrons. The summed E-state index contributed by atoms with van der Waals surface area (Å²) in [5.41, 5.74) is 1.45. The fraction of sp³-hybridized carbons (Fsp3) is 0.200. The number of hydrogen-bond acceptors (Lipinski definition) is 5. The highest BCUT2D eigenvalue weighted by atomic mass is 35.5. The third-order valence-electron chi connectivity index (χ3n) is 4.59. The summed E-state index contributed by atoms with van der Waals surface area (Å²) in [5.74, 6) is 1.34. The van der Waals surface area contributed by atoms with Crippen molar-refractivity contribution in [1.29, 1.82) is 0 Å². The van der Waals surface area contributed by atoms with Gasteiger partial charge in [-0.3, -0.25) is 0 Å². The predicted octanol–water partition coefficient (Wildman–Crippen LogP) is 4.34. The summed E-state index contributed by atoms with van der Waals surface area (Å²) in [6, 6.07) is 16.3. The topological polar surface area (TPSA) is 44.3 Å². The van der Waals surface area contributed by atoms with Crippen molar-refractivity contribution in [1.82, 2.24) is 9.97 Å². The fourth-order valence-electron chi connectivity index (χ4n) is 3.17. The lowest BCUT2D eigenvalue weighted by atomic mass is 10.2. The molecule has 2 aromatic carbocycles. The van der Waals surface area contributed by atoms with Crippen LogP contribution in [0.4, 0.5) is 27.4 Å². The zero-order chi connectivity index (χ0) is 18.6. The van der Waals surface area contributed by atoms with E-state index in [0.717, 1.165) is 37.7 Å². The Labute approximate surface area is 162 Å². The highest BCUT2D eigenvalue weighted by Crippen LogP contribution is 2.26. The third-order valence-corrected chi connectivity index (χ3v) is 4.92. The molecule has 0 atom stereocenters. The van der Waals surface area contributed by atoms with Gasteiger partial charge < -0.3 is 15.1 Å². The minimum Gasteiger partial charge on any atom is -0.366 e. The normalized spacial score (nSPS) is 14.3. The van der Waals surface area contributed by atoms with Crippen LogP contribution in [0.3, 0.4) is 0 Å². The smallest absolute Gasteiger partial charge is 0.146 e. The Morgan fingerprint density at radius 3 is 2.37 bits per heavy atom. The second-order valence-electron chi connectivity index (χ2n) is 6.29. The molecule has 138 valence electrons. The number of para-hydroxylation sites is 2. The lowest BCUT2D eigenvalue weighted by Crippen LogP contribution is -2.47. The van der Waals surface area contributed by atoms with Crippen molar-refractivity contribution >= 4 is 34.6 Å². The van der Waals surface area contributed by atoms with E-state index in [4.69, 9.17) is 11.6 Å². The van der Waals surface area contributed by atoms with Gasteiger partial charge >= 0.3 is 0 Å². The first-order chi connectivity index (χ1) is 13.2. The van der Waals surface area contributed by atoms with E-state index in [1.807, 2.05) is 42.5 Å². The van der Waals surface area contributed by atoms with E-state index < -0.39 is 0 Å². The Morgan fingerprint density at radius 2 is 1.59 bits per heavy atom. The van der Waals surface area contributed by atoms with Crippen LogP contribution in [-0.4, -0.2) is 36.1 Å². The molecule has 0 aliphatic carbocycles. The predicted molar refractivity (Wildman–Crippen MR) is 108 cm³/mol. The minimum atomic E-state index is -0.181. The number of hydrogen-bond donors (Lipinski definition) is 1. The summed E-state index contributed by atoms with van der Waals surface area (Å²) < 4.78 is 14.0. The first kappa shape index (κ1) is 17.5. The highest BCUT2D eigenvalue weighted by molar-refractivity contribution is 6.33. The molecule has 0 spiro atoms. The van der Waals surface area contributed by atoms with E-state index in [0.29, 0.717) is 16.5 Å². The molecular weight excluding hydrogens is 365 g/mol. The maximum atomic E-state index is 14.0. The van der Waals surface area contributed by atoms with Gasteiger partial charge in [0.05, 0.1) is 16.4 Å². The van der Waals surface area contributed by atoms with E-state index in [1.165, 1.54) is 12.4 Å². The van der Waals surface area contributed by atoms with Gasteiger partial charge in [-0.05, 0) is 24.3 Å². The Bertz CT molecular complexity index is 928. The van der Waals surface area contributed by atoms with Crippen LogP contribution < -0.4 is 15.1 Å². The molecule has 1 fully saturated rings. The van der Waals surface area contributed by atoms with Gasteiger partial charge in [-0.1, -0.05) is 35.9 Å². The summed E-state index contributed by atoms with van der Waals surface area (Å²) in [4.78, 5) is 12.9. The average Bonchev–Trinajstić information content (AvgIpc) is 2.71. The van der Waals surface area contributed by atoms with Crippen LogP contribution in [0.25, 0.3) is 0 Å². The van der Waals surface area contributed by atoms with Crippen LogP contribution in [0.2, 0.25) is 5.02 Å². The second-order valence-corrected chi connectivity index (χ2v) is 6.70. The molecule has 1 saturated heterocycles. The molecule has 0 bridgehead atoms. The van der Waals surface area contributed by atoms with Crippen LogP contribution in [0, 0.1) is 5.82 Å². The molecule has 0 amide bonds. The molecular formula is C20H19ClFN5. The van der Waals surface area contributed by atoms with Crippen LogP contribution in [0.15, 0.2) is 60.9 Å². The van der Waals surface area contributed by atoms with E-state index >= 15 is 0 Å².